The van der Waals surface area contributed by atoms with Gasteiger partial charge in [0.25, 0.3) is 0 Å². The van der Waals surface area contributed by atoms with Gasteiger partial charge in [-0.15, -0.1) is 0 Å². The molecular weight excluding hydrogens is 346 g/mol. The Morgan fingerprint density at radius 2 is 2.08 bits per heavy atom. The molecule has 2 heterocycles. The van der Waals surface area contributed by atoms with Gasteiger partial charge in [-0.3, -0.25) is 4.79 Å². The van der Waals surface area contributed by atoms with E-state index in [1.54, 1.807) is 13.2 Å². The summed E-state index contributed by atoms with van der Waals surface area (Å²) in [6.07, 6.45) is 2.78. The molecule has 1 aromatic carbocycles. The fraction of sp³-hybridized carbons (Fsp3) is 0.429. The first-order valence-electron chi connectivity index (χ1n) is 8.98. The Kier molecular flexibility index (Phi) is 5.19. The van der Waals surface area contributed by atoms with Crippen LogP contribution in [0.4, 0.5) is 0 Å². The number of rotatable bonds is 4. The molecule has 26 heavy (non-hydrogen) atoms. The summed E-state index contributed by atoms with van der Waals surface area (Å²) in [4.78, 5) is 12.7. The van der Waals surface area contributed by atoms with Crippen molar-refractivity contribution in [1.29, 1.82) is 0 Å². The number of pyridine rings is 1. The molecule has 0 N–H and O–H groups in total. The molecule has 1 unspecified atom stereocenters. The second-order valence-electron chi connectivity index (χ2n) is 7.06. The van der Waals surface area contributed by atoms with Crippen molar-refractivity contribution in [2.75, 3.05) is 13.7 Å². The standard InChI is InChI=1S/C21H25NO3S/c1-6-25-21(26)16-11-22-17(12(2)3)8-14-7-13(4)20(24-5)9-15(14)18(22)10-19(16)23/h7,9-12,17H,6,8H2,1-5H3. The Hall–Kier alpha value is -2.14. The van der Waals surface area contributed by atoms with Crippen LogP contribution in [0.25, 0.3) is 11.3 Å². The van der Waals surface area contributed by atoms with Crippen molar-refractivity contribution in [2.24, 2.45) is 5.92 Å². The number of hydrogen-bond acceptors (Lipinski definition) is 4. The molecule has 4 nitrogen and oxygen atoms in total. The summed E-state index contributed by atoms with van der Waals surface area (Å²) in [7, 11) is 1.67. The highest BCUT2D eigenvalue weighted by molar-refractivity contribution is 7.80. The zero-order chi connectivity index (χ0) is 19.0. The second-order valence-corrected chi connectivity index (χ2v) is 7.43. The van der Waals surface area contributed by atoms with Gasteiger partial charge in [0.15, 0.2) is 10.5 Å². The minimum atomic E-state index is -0.107. The van der Waals surface area contributed by atoms with Crippen molar-refractivity contribution in [2.45, 2.75) is 40.2 Å². The lowest BCUT2D eigenvalue weighted by Crippen LogP contribution is -2.28. The van der Waals surface area contributed by atoms with Crippen LogP contribution in [0.2, 0.25) is 0 Å². The van der Waals surface area contributed by atoms with Gasteiger partial charge in [-0.2, -0.15) is 0 Å². The molecule has 1 aromatic heterocycles. The molecule has 138 valence electrons. The zero-order valence-corrected chi connectivity index (χ0v) is 16.8. The highest BCUT2D eigenvalue weighted by atomic mass is 32.1. The van der Waals surface area contributed by atoms with E-state index in [9.17, 15) is 4.79 Å². The number of methoxy groups -OCH3 is 1. The van der Waals surface area contributed by atoms with Crippen LogP contribution in [0.5, 0.6) is 5.75 Å². The summed E-state index contributed by atoms with van der Waals surface area (Å²) >= 11 is 5.30. The number of ether oxygens (including phenoxy) is 2. The first-order valence-corrected chi connectivity index (χ1v) is 9.39. The van der Waals surface area contributed by atoms with Gasteiger partial charge in [0.05, 0.1) is 25.0 Å². The number of thiocarbonyl (C=S) groups is 1. The number of nitrogens with zero attached hydrogens (tertiary/aromatic N) is 1. The van der Waals surface area contributed by atoms with Gasteiger partial charge in [0.2, 0.25) is 0 Å². The lowest BCUT2D eigenvalue weighted by atomic mass is 9.86. The molecule has 1 aliphatic rings. The molecule has 1 aliphatic heterocycles. The molecule has 2 aromatic rings. The third-order valence-corrected chi connectivity index (χ3v) is 5.37. The summed E-state index contributed by atoms with van der Waals surface area (Å²) < 4.78 is 13.1. The third-order valence-electron chi connectivity index (χ3n) is 5.03. The van der Waals surface area contributed by atoms with Gasteiger partial charge in [0.1, 0.15) is 5.75 Å². The molecule has 0 amide bonds. The van der Waals surface area contributed by atoms with Crippen LogP contribution in [0.15, 0.2) is 29.2 Å². The van der Waals surface area contributed by atoms with Gasteiger partial charge in [-0.1, -0.05) is 19.9 Å². The van der Waals surface area contributed by atoms with Crippen LogP contribution >= 0.6 is 12.2 Å². The predicted octanol–water partition coefficient (Wildman–Crippen LogP) is 4.30. The summed E-state index contributed by atoms with van der Waals surface area (Å²) in [5.41, 5.74) is 4.68. The molecule has 0 fully saturated rings. The van der Waals surface area contributed by atoms with Gasteiger partial charge < -0.3 is 14.0 Å². The smallest absolute Gasteiger partial charge is 0.196 e. The lowest BCUT2D eigenvalue weighted by molar-refractivity contribution is 0.335. The lowest BCUT2D eigenvalue weighted by Gasteiger charge is -2.34. The Balaban J connectivity index is 2.25. The average Bonchev–Trinajstić information content (AvgIpc) is 2.59. The Morgan fingerprint density at radius 1 is 1.35 bits per heavy atom. The molecule has 3 rings (SSSR count). The van der Waals surface area contributed by atoms with Gasteiger partial charge in [-0.05, 0) is 55.6 Å². The minimum absolute atomic E-state index is 0.107. The van der Waals surface area contributed by atoms with E-state index >= 15 is 0 Å². The van der Waals surface area contributed by atoms with E-state index in [4.69, 9.17) is 21.7 Å². The van der Waals surface area contributed by atoms with Crippen LogP contribution in [-0.4, -0.2) is 23.3 Å². The number of hydrogen-bond donors (Lipinski definition) is 0. The maximum absolute atomic E-state index is 12.7. The van der Waals surface area contributed by atoms with E-state index in [1.807, 2.05) is 19.2 Å². The van der Waals surface area contributed by atoms with Crippen molar-refractivity contribution >= 4 is 17.3 Å². The van der Waals surface area contributed by atoms with E-state index in [2.05, 4.69) is 31.4 Å². The Labute approximate surface area is 159 Å². The number of fused-ring (bicyclic) bond motifs is 3. The second kappa shape index (κ2) is 7.23. The maximum atomic E-state index is 12.7. The molecular formula is C21H25NO3S. The summed E-state index contributed by atoms with van der Waals surface area (Å²) in [5.74, 6) is 1.25. The molecule has 0 saturated carbocycles. The monoisotopic (exact) mass is 371 g/mol. The molecule has 0 saturated heterocycles. The first-order chi connectivity index (χ1) is 12.4. The minimum Gasteiger partial charge on any atom is -0.496 e. The van der Waals surface area contributed by atoms with Crippen molar-refractivity contribution in [1.82, 2.24) is 4.57 Å². The van der Waals surface area contributed by atoms with Gasteiger partial charge in [0, 0.05) is 23.9 Å². The van der Waals surface area contributed by atoms with Crippen LogP contribution in [0, 0.1) is 12.8 Å². The fourth-order valence-corrected chi connectivity index (χ4v) is 3.93. The maximum Gasteiger partial charge on any atom is 0.196 e. The van der Waals surface area contributed by atoms with E-state index in [1.165, 1.54) is 5.56 Å². The largest absolute Gasteiger partial charge is 0.496 e. The van der Waals surface area contributed by atoms with Gasteiger partial charge in [-0.25, -0.2) is 0 Å². The Bertz CT molecular complexity index is 914. The third kappa shape index (κ3) is 3.16. The summed E-state index contributed by atoms with van der Waals surface area (Å²) in [6, 6.07) is 6.15. The SMILES string of the molecule is CCOC(=S)c1cn2c(cc1=O)-c1cc(OC)c(C)cc1CC2C(C)C. The van der Waals surface area contributed by atoms with Crippen LogP contribution in [0.3, 0.4) is 0 Å². The van der Waals surface area contributed by atoms with E-state index in [0.29, 0.717) is 18.1 Å². The summed E-state index contributed by atoms with van der Waals surface area (Å²) in [6.45, 7) is 8.77. The molecule has 5 heteroatoms. The van der Waals surface area contributed by atoms with E-state index < -0.39 is 0 Å². The quantitative estimate of drug-likeness (QED) is 0.752. The van der Waals surface area contributed by atoms with Crippen molar-refractivity contribution in [3.63, 3.8) is 0 Å². The number of aryl methyl sites for hydroxylation is 1. The van der Waals surface area contributed by atoms with Crippen molar-refractivity contribution in [3.8, 4) is 17.0 Å². The molecule has 0 radical (unpaired) electrons. The highest BCUT2D eigenvalue weighted by Crippen LogP contribution is 2.40. The highest BCUT2D eigenvalue weighted by Gasteiger charge is 2.28. The van der Waals surface area contributed by atoms with Crippen LogP contribution in [0.1, 0.15) is 43.5 Å². The molecule has 0 aliphatic carbocycles. The topological polar surface area (TPSA) is 40.5 Å². The van der Waals surface area contributed by atoms with Crippen LogP contribution in [-0.2, 0) is 11.2 Å². The Morgan fingerprint density at radius 3 is 2.69 bits per heavy atom. The first kappa shape index (κ1) is 18.6. The summed E-state index contributed by atoms with van der Waals surface area (Å²) in [5, 5.41) is 0.266. The van der Waals surface area contributed by atoms with E-state index in [0.717, 1.165) is 29.0 Å². The number of benzene rings is 1. The average molecular weight is 372 g/mol. The van der Waals surface area contributed by atoms with Gasteiger partial charge >= 0.3 is 0 Å². The predicted molar refractivity (Wildman–Crippen MR) is 108 cm³/mol. The zero-order valence-electron chi connectivity index (χ0n) is 16.0. The molecule has 0 bridgehead atoms. The van der Waals surface area contributed by atoms with Crippen LogP contribution < -0.4 is 10.2 Å². The number of aromatic nitrogens is 1. The molecule has 1 atom stereocenters. The van der Waals surface area contributed by atoms with Crippen molar-refractivity contribution in [3.05, 3.63) is 51.3 Å². The fourth-order valence-electron chi connectivity index (χ4n) is 3.66. The van der Waals surface area contributed by atoms with E-state index in [-0.39, 0.29) is 16.5 Å². The molecule has 0 spiro atoms. The normalized spacial score (nSPS) is 15.4. The van der Waals surface area contributed by atoms with Crippen molar-refractivity contribution < 1.29 is 9.47 Å².